The molecule has 1 unspecified atom stereocenters. The number of aryl methyl sites for hydroxylation is 1. The third-order valence-electron chi connectivity index (χ3n) is 3.07. The van der Waals surface area contributed by atoms with Crippen molar-refractivity contribution in [3.63, 3.8) is 0 Å². The lowest BCUT2D eigenvalue weighted by Gasteiger charge is -2.08. The molecule has 0 radical (unpaired) electrons. The van der Waals surface area contributed by atoms with E-state index in [4.69, 9.17) is 21.8 Å². The maximum absolute atomic E-state index is 11.5. The Labute approximate surface area is 144 Å². The molecule has 0 amide bonds. The van der Waals surface area contributed by atoms with Gasteiger partial charge in [0.25, 0.3) is 5.89 Å². The second kappa shape index (κ2) is 6.54. The van der Waals surface area contributed by atoms with Crippen LogP contribution < -0.4 is 11.1 Å². The summed E-state index contributed by atoms with van der Waals surface area (Å²) in [5.41, 5.74) is 7.03. The van der Waals surface area contributed by atoms with E-state index in [1.165, 1.54) is 6.20 Å². The molecule has 0 saturated heterocycles. The van der Waals surface area contributed by atoms with Crippen molar-refractivity contribution in [1.29, 1.82) is 0 Å². The summed E-state index contributed by atoms with van der Waals surface area (Å²) < 4.78 is 16.8. The van der Waals surface area contributed by atoms with Gasteiger partial charge in [-0.05, 0) is 18.2 Å². The fourth-order valence-corrected chi connectivity index (χ4v) is 3.07. The van der Waals surface area contributed by atoms with Crippen molar-refractivity contribution in [2.24, 2.45) is 0 Å². The molecule has 0 aliphatic rings. The van der Waals surface area contributed by atoms with Gasteiger partial charge < -0.3 is 15.5 Å². The first-order chi connectivity index (χ1) is 11.4. The second-order valence-corrected chi connectivity index (χ2v) is 6.60. The summed E-state index contributed by atoms with van der Waals surface area (Å²) in [4.78, 5) is 8.90. The van der Waals surface area contributed by atoms with Crippen LogP contribution in [-0.2, 0) is 10.8 Å². The Morgan fingerprint density at radius 3 is 2.71 bits per heavy atom. The van der Waals surface area contributed by atoms with Crippen molar-refractivity contribution in [2.75, 3.05) is 17.3 Å². The molecule has 2 heterocycles. The van der Waals surface area contributed by atoms with Gasteiger partial charge in [0, 0.05) is 25.1 Å². The summed E-state index contributed by atoms with van der Waals surface area (Å²) in [5.74, 6) is 1.17. The summed E-state index contributed by atoms with van der Waals surface area (Å²) >= 11 is 6.10. The SMILES string of the molecule is Cc1nnc(-c2cnc(Nc3ccc(S(C)=O)c(Cl)c3)nc2N)o1. The van der Waals surface area contributed by atoms with Crippen molar-refractivity contribution < 1.29 is 8.63 Å². The first kappa shape index (κ1) is 16.3. The van der Waals surface area contributed by atoms with Crippen LogP contribution in [0.3, 0.4) is 0 Å². The number of rotatable bonds is 4. The Kier molecular flexibility index (Phi) is 4.45. The molecule has 2 aromatic heterocycles. The molecular weight excluding hydrogens is 352 g/mol. The van der Waals surface area contributed by atoms with Gasteiger partial charge in [-0.2, -0.15) is 4.98 Å². The van der Waals surface area contributed by atoms with Gasteiger partial charge in [0.05, 0.1) is 26.3 Å². The van der Waals surface area contributed by atoms with Gasteiger partial charge in [-0.25, -0.2) is 4.98 Å². The van der Waals surface area contributed by atoms with Gasteiger partial charge >= 0.3 is 0 Å². The average Bonchev–Trinajstić information content (AvgIpc) is 2.93. The number of aromatic nitrogens is 4. The highest BCUT2D eigenvalue weighted by Crippen LogP contribution is 2.27. The van der Waals surface area contributed by atoms with E-state index in [0.717, 1.165) is 0 Å². The molecule has 0 aliphatic carbocycles. The lowest BCUT2D eigenvalue weighted by Crippen LogP contribution is -2.02. The van der Waals surface area contributed by atoms with E-state index in [9.17, 15) is 4.21 Å². The zero-order valence-corrected chi connectivity index (χ0v) is 14.4. The number of benzene rings is 1. The van der Waals surface area contributed by atoms with Crippen molar-refractivity contribution in [3.8, 4) is 11.5 Å². The summed E-state index contributed by atoms with van der Waals surface area (Å²) in [6.45, 7) is 1.68. The van der Waals surface area contributed by atoms with E-state index in [1.54, 1.807) is 31.4 Å². The Bertz CT molecular complexity index is 929. The lowest BCUT2D eigenvalue weighted by molar-refractivity contribution is 0.532. The van der Waals surface area contributed by atoms with E-state index in [-0.39, 0.29) is 17.7 Å². The highest BCUT2D eigenvalue weighted by atomic mass is 35.5. The Morgan fingerprint density at radius 1 is 1.33 bits per heavy atom. The number of nitrogen functional groups attached to an aromatic ring is 1. The number of nitrogens with two attached hydrogens (primary N) is 1. The van der Waals surface area contributed by atoms with Crippen molar-refractivity contribution in [1.82, 2.24) is 20.2 Å². The zero-order valence-electron chi connectivity index (χ0n) is 12.8. The van der Waals surface area contributed by atoms with E-state index in [0.29, 0.717) is 27.1 Å². The van der Waals surface area contributed by atoms with Crippen LogP contribution in [0.2, 0.25) is 5.02 Å². The molecule has 3 aromatic rings. The zero-order chi connectivity index (χ0) is 17.3. The van der Waals surface area contributed by atoms with Crippen LogP contribution in [0.25, 0.3) is 11.5 Å². The van der Waals surface area contributed by atoms with Gasteiger partial charge in [0.1, 0.15) is 5.82 Å². The maximum Gasteiger partial charge on any atom is 0.253 e. The number of anilines is 3. The topological polar surface area (TPSA) is 120 Å². The molecule has 3 N–H and O–H groups in total. The number of hydrogen-bond acceptors (Lipinski definition) is 8. The highest BCUT2D eigenvalue weighted by Gasteiger charge is 2.13. The molecule has 0 saturated carbocycles. The first-order valence-corrected chi connectivity index (χ1v) is 8.70. The average molecular weight is 365 g/mol. The van der Waals surface area contributed by atoms with Crippen molar-refractivity contribution in [2.45, 2.75) is 11.8 Å². The standard InChI is InChI=1S/C14H13ClN6O2S/c1-7-20-21-13(23-7)9-6-17-14(19-12(9)16)18-8-3-4-11(24(2)22)10(15)5-8/h3-6H,1-2H3,(H3,16,17,18,19). The van der Waals surface area contributed by atoms with Gasteiger partial charge in [-0.15, -0.1) is 10.2 Å². The minimum atomic E-state index is -1.16. The molecule has 24 heavy (non-hydrogen) atoms. The minimum Gasteiger partial charge on any atom is -0.421 e. The molecule has 0 fully saturated rings. The number of nitrogens with zero attached hydrogens (tertiary/aromatic N) is 4. The van der Waals surface area contributed by atoms with Crippen LogP contribution in [0, 0.1) is 6.92 Å². The third kappa shape index (κ3) is 3.36. The smallest absolute Gasteiger partial charge is 0.253 e. The van der Waals surface area contributed by atoms with Gasteiger partial charge in [-0.3, -0.25) is 4.21 Å². The molecule has 1 atom stereocenters. The molecule has 124 valence electrons. The van der Waals surface area contributed by atoms with E-state index in [2.05, 4.69) is 25.5 Å². The maximum atomic E-state index is 11.5. The van der Waals surface area contributed by atoms with Crippen LogP contribution in [0.1, 0.15) is 5.89 Å². The van der Waals surface area contributed by atoms with E-state index in [1.807, 2.05) is 0 Å². The minimum absolute atomic E-state index is 0.202. The largest absolute Gasteiger partial charge is 0.421 e. The van der Waals surface area contributed by atoms with Crippen LogP contribution in [0.5, 0.6) is 0 Å². The fraction of sp³-hybridized carbons (Fsp3) is 0.143. The predicted octanol–water partition coefficient (Wildman–Crippen LogP) is 2.55. The van der Waals surface area contributed by atoms with Crippen LogP contribution in [0.4, 0.5) is 17.5 Å². The molecule has 0 bridgehead atoms. The summed E-state index contributed by atoms with van der Waals surface area (Å²) in [6, 6.07) is 5.06. The van der Waals surface area contributed by atoms with Gasteiger partial charge in [0.15, 0.2) is 0 Å². The molecule has 8 nitrogen and oxygen atoms in total. The predicted molar refractivity (Wildman–Crippen MR) is 91.5 cm³/mol. The van der Waals surface area contributed by atoms with Gasteiger partial charge in [0.2, 0.25) is 11.8 Å². The van der Waals surface area contributed by atoms with Crippen molar-refractivity contribution in [3.05, 3.63) is 35.3 Å². The molecule has 0 aliphatic heterocycles. The van der Waals surface area contributed by atoms with Crippen LogP contribution in [0.15, 0.2) is 33.7 Å². The molecule has 10 heteroatoms. The summed E-state index contributed by atoms with van der Waals surface area (Å²) in [6.07, 6.45) is 3.06. The molecule has 0 spiro atoms. The first-order valence-electron chi connectivity index (χ1n) is 6.77. The highest BCUT2D eigenvalue weighted by molar-refractivity contribution is 7.84. The number of nitrogens with one attached hydrogen (secondary N) is 1. The monoisotopic (exact) mass is 364 g/mol. The Balaban J connectivity index is 1.85. The van der Waals surface area contributed by atoms with E-state index >= 15 is 0 Å². The van der Waals surface area contributed by atoms with Crippen LogP contribution in [-0.4, -0.2) is 30.6 Å². The quantitative estimate of drug-likeness (QED) is 0.724. The van der Waals surface area contributed by atoms with Gasteiger partial charge in [-0.1, -0.05) is 11.6 Å². The van der Waals surface area contributed by atoms with E-state index < -0.39 is 10.8 Å². The second-order valence-electron chi connectivity index (χ2n) is 4.84. The Morgan fingerprint density at radius 2 is 2.12 bits per heavy atom. The Hall–Kier alpha value is -2.52. The molecule has 1 aromatic carbocycles. The third-order valence-corrected chi connectivity index (χ3v) is 4.47. The molecule has 3 rings (SSSR count). The summed E-state index contributed by atoms with van der Waals surface area (Å²) in [5, 5.41) is 11.0. The van der Waals surface area contributed by atoms with Crippen LogP contribution >= 0.6 is 11.6 Å². The van der Waals surface area contributed by atoms with Crippen molar-refractivity contribution >= 4 is 39.9 Å². The fourth-order valence-electron chi connectivity index (χ4n) is 1.97. The number of halogens is 1. The normalized spacial score (nSPS) is 12.1. The summed E-state index contributed by atoms with van der Waals surface area (Å²) in [7, 11) is -1.16. The number of hydrogen-bond donors (Lipinski definition) is 2. The lowest BCUT2D eigenvalue weighted by atomic mass is 10.3. The molecular formula is C14H13ClN6O2S.